The lowest BCUT2D eigenvalue weighted by atomic mass is 10.0. The molecule has 1 aromatic rings. The fraction of sp³-hybridized carbons (Fsp3) is 0.438. The molecule has 0 saturated carbocycles. The second kappa shape index (κ2) is 8.67. The molecule has 0 aliphatic heterocycles. The van der Waals surface area contributed by atoms with E-state index < -0.39 is 23.9 Å². The molecule has 0 saturated heterocycles. The largest absolute Gasteiger partial charge is 0.368 e. The Hall–Kier alpha value is -1.89. The molecule has 6 nitrogen and oxygen atoms in total. The molecule has 1 aromatic carbocycles. The molecule has 1 rings (SSSR count). The summed E-state index contributed by atoms with van der Waals surface area (Å²) in [5.74, 6) is -1.47. The number of nitrogens with two attached hydrogens (primary N) is 1. The molecule has 0 aromatic heterocycles. The summed E-state index contributed by atoms with van der Waals surface area (Å²) >= 11 is 3.40. The van der Waals surface area contributed by atoms with Crippen molar-refractivity contribution >= 4 is 33.7 Å². The lowest BCUT2D eigenvalue weighted by molar-refractivity contribution is -0.131. The summed E-state index contributed by atoms with van der Waals surface area (Å²) in [4.78, 5) is 35.3. The van der Waals surface area contributed by atoms with Crippen LogP contribution in [0.25, 0.3) is 0 Å². The van der Waals surface area contributed by atoms with Crippen LogP contribution in [-0.2, 0) is 20.8 Å². The van der Waals surface area contributed by atoms with Crippen molar-refractivity contribution in [3.8, 4) is 0 Å². The van der Waals surface area contributed by atoms with Crippen molar-refractivity contribution in [2.24, 2.45) is 11.7 Å². The van der Waals surface area contributed by atoms with Gasteiger partial charge in [-0.3, -0.25) is 14.4 Å². The van der Waals surface area contributed by atoms with Crippen LogP contribution in [0.5, 0.6) is 0 Å². The summed E-state index contributed by atoms with van der Waals surface area (Å²) in [6, 6.07) is 5.83. The first-order valence-electron chi connectivity index (χ1n) is 7.32. The number of benzene rings is 1. The van der Waals surface area contributed by atoms with Crippen LogP contribution in [0, 0.1) is 5.92 Å². The molecule has 0 aliphatic carbocycles. The van der Waals surface area contributed by atoms with Crippen LogP contribution < -0.4 is 16.4 Å². The standard InChI is InChI=1S/C16H22BrN3O3/c1-9(2)14(19-10(3)21)16(23)20-13(15(18)22)8-11-6-4-5-7-12(11)17/h4-7,9,13-14H,8H2,1-3H3,(H2,18,22)(H,19,21)(H,20,23)/t13-,14+/m0/s1. The predicted octanol–water partition coefficient (Wildman–Crippen LogP) is 1.12. The highest BCUT2D eigenvalue weighted by molar-refractivity contribution is 9.10. The Labute approximate surface area is 144 Å². The topological polar surface area (TPSA) is 101 Å². The van der Waals surface area contributed by atoms with Gasteiger partial charge in [-0.2, -0.15) is 0 Å². The Balaban J connectivity index is 2.86. The van der Waals surface area contributed by atoms with E-state index in [-0.39, 0.29) is 18.2 Å². The SMILES string of the molecule is CC(=O)N[C@@H](C(=O)N[C@@H](Cc1ccccc1Br)C(N)=O)C(C)C. The highest BCUT2D eigenvalue weighted by Crippen LogP contribution is 2.17. The Kier molecular flexibility index (Phi) is 7.22. The van der Waals surface area contributed by atoms with Gasteiger partial charge >= 0.3 is 0 Å². The molecular formula is C16H22BrN3O3. The quantitative estimate of drug-likeness (QED) is 0.657. The summed E-state index contributed by atoms with van der Waals surface area (Å²) < 4.78 is 0.836. The average molecular weight is 384 g/mol. The number of amides is 3. The first kappa shape index (κ1) is 19.2. The molecule has 0 radical (unpaired) electrons. The number of halogens is 1. The van der Waals surface area contributed by atoms with Gasteiger partial charge in [-0.25, -0.2) is 0 Å². The van der Waals surface area contributed by atoms with E-state index in [4.69, 9.17) is 5.73 Å². The maximum Gasteiger partial charge on any atom is 0.243 e. The van der Waals surface area contributed by atoms with Crippen LogP contribution >= 0.6 is 15.9 Å². The maximum absolute atomic E-state index is 12.4. The molecule has 0 aliphatic rings. The minimum atomic E-state index is -0.851. The van der Waals surface area contributed by atoms with Crippen LogP contribution in [0.4, 0.5) is 0 Å². The maximum atomic E-state index is 12.4. The summed E-state index contributed by atoms with van der Waals surface area (Å²) in [5, 5.41) is 5.22. The zero-order valence-corrected chi connectivity index (χ0v) is 15.0. The summed E-state index contributed by atoms with van der Waals surface area (Å²) in [7, 11) is 0. The molecule has 2 atom stereocenters. The molecule has 0 fully saturated rings. The number of nitrogens with one attached hydrogen (secondary N) is 2. The predicted molar refractivity (Wildman–Crippen MR) is 91.4 cm³/mol. The number of hydrogen-bond acceptors (Lipinski definition) is 3. The fourth-order valence-corrected chi connectivity index (χ4v) is 2.57. The zero-order valence-electron chi connectivity index (χ0n) is 13.4. The minimum absolute atomic E-state index is 0.115. The summed E-state index contributed by atoms with van der Waals surface area (Å²) in [6.07, 6.45) is 0.271. The van der Waals surface area contributed by atoms with Crippen molar-refractivity contribution in [3.05, 3.63) is 34.3 Å². The highest BCUT2D eigenvalue weighted by Gasteiger charge is 2.27. The number of carbonyl (C=O) groups is 3. The second-order valence-corrected chi connectivity index (χ2v) is 6.54. The van der Waals surface area contributed by atoms with Gasteiger partial charge in [0.25, 0.3) is 0 Å². The van der Waals surface area contributed by atoms with E-state index in [1.807, 2.05) is 38.1 Å². The molecular weight excluding hydrogens is 362 g/mol. The van der Waals surface area contributed by atoms with Crippen LogP contribution in [0.15, 0.2) is 28.7 Å². The van der Waals surface area contributed by atoms with E-state index in [0.29, 0.717) is 0 Å². The summed E-state index contributed by atoms with van der Waals surface area (Å²) in [5.41, 5.74) is 6.26. The summed E-state index contributed by atoms with van der Waals surface area (Å²) in [6.45, 7) is 4.97. The molecule has 4 N–H and O–H groups in total. The van der Waals surface area contributed by atoms with Crippen molar-refractivity contribution in [3.63, 3.8) is 0 Å². The van der Waals surface area contributed by atoms with Crippen LogP contribution in [0.1, 0.15) is 26.3 Å². The van der Waals surface area contributed by atoms with Gasteiger partial charge in [-0.15, -0.1) is 0 Å². The minimum Gasteiger partial charge on any atom is -0.368 e. The zero-order chi connectivity index (χ0) is 17.6. The Morgan fingerprint density at radius 2 is 1.78 bits per heavy atom. The van der Waals surface area contributed by atoms with E-state index in [1.165, 1.54) is 6.92 Å². The van der Waals surface area contributed by atoms with Crippen molar-refractivity contribution < 1.29 is 14.4 Å². The molecule has 0 unspecified atom stereocenters. The van der Waals surface area contributed by atoms with Gasteiger partial charge in [0.05, 0.1) is 0 Å². The van der Waals surface area contributed by atoms with Crippen molar-refractivity contribution in [1.29, 1.82) is 0 Å². The molecule has 23 heavy (non-hydrogen) atoms. The van der Waals surface area contributed by atoms with Crippen LogP contribution in [-0.4, -0.2) is 29.8 Å². The number of hydrogen-bond donors (Lipinski definition) is 3. The second-order valence-electron chi connectivity index (χ2n) is 5.68. The van der Waals surface area contributed by atoms with Crippen molar-refractivity contribution in [2.45, 2.75) is 39.3 Å². The normalized spacial score (nSPS) is 13.3. The first-order valence-corrected chi connectivity index (χ1v) is 8.11. The van der Waals surface area contributed by atoms with Gasteiger partial charge in [-0.05, 0) is 17.5 Å². The Morgan fingerprint density at radius 1 is 1.17 bits per heavy atom. The highest BCUT2D eigenvalue weighted by atomic mass is 79.9. The molecule has 3 amide bonds. The van der Waals surface area contributed by atoms with E-state index in [0.717, 1.165) is 10.0 Å². The fourth-order valence-electron chi connectivity index (χ4n) is 2.12. The Morgan fingerprint density at radius 3 is 2.26 bits per heavy atom. The third-order valence-corrected chi connectivity index (χ3v) is 4.12. The average Bonchev–Trinajstić information content (AvgIpc) is 2.45. The number of rotatable bonds is 7. The van der Waals surface area contributed by atoms with E-state index >= 15 is 0 Å². The van der Waals surface area contributed by atoms with Gasteiger partial charge in [-0.1, -0.05) is 48.0 Å². The molecule has 0 heterocycles. The number of primary amides is 1. The lowest BCUT2D eigenvalue weighted by Crippen LogP contribution is -2.55. The van der Waals surface area contributed by atoms with Gasteiger partial charge in [0, 0.05) is 17.8 Å². The molecule has 7 heteroatoms. The molecule has 126 valence electrons. The van der Waals surface area contributed by atoms with E-state index in [1.54, 1.807) is 0 Å². The third kappa shape index (κ3) is 6.02. The third-order valence-electron chi connectivity index (χ3n) is 3.35. The first-order chi connectivity index (χ1) is 10.7. The van der Waals surface area contributed by atoms with Crippen molar-refractivity contribution in [2.75, 3.05) is 0 Å². The smallest absolute Gasteiger partial charge is 0.243 e. The van der Waals surface area contributed by atoms with Gasteiger partial charge < -0.3 is 16.4 Å². The molecule has 0 spiro atoms. The molecule has 0 bridgehead atoms. The number of carbonyl (C=O) groups excluding carboxylic acids is 3. The van der Waals surface area contributed by atoms with Gasteiger partial charge in [0.15, 0.2) is 0 Å². The van der Waals surface area contributed by atoms with E-state index in [2.05, 4.69) is 26.6 Å². The Bertz CT molecular complexity index is 590. The van der Waals surface area contributed by atoms with Crippen molar-refractivity contribution in [1.82, 2.24) is 10.6 Å². The van der Waals surface area contributed by atoms with Gasteiger partial charge in [0.2, 0.25) is 17.7 Å². The van der Waals surface area contributed by atoms with Gasteiger partial charge in [0.1, 0.15) is 12.1 Å². The van der Waals surface area contributed by atoms with E-state index in [9.17, 15) is 14.4 Å². The van der Waals surface area contributed by atoms with Crippen LogP contribution in [0.2, 0.25) is 0 Å². The lowest BCUT2D eigenvalue weighted by Gasteiger charge is -2.24. The van der Waals surface area contributed by atoms with Crippen LogP contribution in [0.3, 0.4) is 0 Å². The monoisotopic (exact) mass is 383 g/mol.